The average Bonchev–Trinajstić information content (AvgIpc) is 3.20. The number of carbonyl (C=O) groups is 1. The molecule has 0 amide bonds. The maximum Gasteiger partial charge on any atom is 0.317 e. The Bertz CT molecular complexity index is 564. The van der Waals surface area contributed by atoms with Crippen molar-refractivity contribution in [2.24, 2.45) is 5.92 Å². The van der Waals surface area contributed by atoms with Crippen LogP contribution in [0.1, 0.15) is 38.5 Å². The monoisotopic (exact) mass is 364 g/mol. The second-order valence-electron chi connectivity index (χ2n) is 7.83. The quantitative estimate of drug-likeness (QED) is 0.736. The van der Waals surface area contributed by atoms with Gasteiger partial charge in [-0.3, -0.25) is 9.69 Å². The standard InChI is InChI=1S/C18H28N4O2S/c23-17(24)12-22(11-13-1-2-13)16-9-15(10-16)20-14-3-6-21(7-4-14)18-19-5-8-25-18/h5,8,13-16,20H,1-4,6-7,9-12H2,(H,23,24). The number of carboxylic acids is 1. The van der Waals surface area contributed by atoms with Gasteiger partial charge in [0.15, 0.2) is 5.13 Å². The lowest BCUT2D eigenvalue weighted by Crippen LogP contribution is -2.57. The molecule has 2 N–H and O–H groups in total. The van der Waals surface area contributed by atoms with E-state index in [2.05, 4.69) is 20.1 Å². The fraction of sp³-hybridized carbons (Fsp3) is 0.778. The second kappa shape index (κ2) is 7.60. The van der Waals surface area contributed by atoms with E-state index >= 15 is 0 Å². The van der Waals surface area contributed by atoms with E-state index in [1.165, 1.54) is 25.7 Å². The Hall–Kier alpha value is -1.18. The van der Waals surface area contributed by atoms with Crippen molar-refractivity contribution in [3.63, 3.8) is 0 Å². The van der Waals surface area contributed by atoms with Crippen molar-refractivity contribution in [1.29, 1.82) is 0 Å². The molecule has 1 saturated heterocycles. The summed E-state index contributed by atoms with van der Waals surface area (Å²) in [5.41, 5.74) is 0. The number of hydrogen-bond acceptors (Lipinski definition) is 6. The highest BCUT2D eigenvalue weighted by Gasteiger charge is 2.38. The number of thiazole rings is 1. The Morgan fingerprint density at radius 2 is 2.04 bits per heavy atom. The normalized spacial score (nSPS) is 27.5. The van der Waals surface area contributed by atoms with Gasteiger partial charge in [-0.1, -0.05) is 0 Å². The Balaban J connectivity index is 1.18. The minimum Gasteiger partial charge on any atom is -0.480 e. The minimum absolute atomic E-state index is 0.208. The Morgan fingerprint density at radius 3 is 2.64 bits per heavy atom. The molecule has 2 heterocycles. The molecule has 0 aromatic carbocycles. The van der Waals surface area contributed by atoms with Crippen LogP contribution < -0.4 is 10.2 Å². The van der Waals surface area contributed by atoms with E-state index in [1.54, 1.807) is 11.3 Å². The van der Waals surface area contributed by atoms with Gasteiger partial charge in [-0.2, -0.15) is 0 Å². The fourth-order valence-electron chi connectivity index (χ4n) is 4.11. The van der Waals surface area contributed by atoms with Gasteiger partial charge in [0.2, 0.25) is 0 Å². The highest BCUT2D eigenvalue weighted by molar-refractivity contribution is 7.13. The predicted molar refractivity (Wildman–Crippen MR) is 99.2 cm³/mol. The van der Waals surface area contributed by atoms with Crippen LogP contribution in [-0.2, 0) is 4.79 Å². The maximum absolute atomic E-state index is 11.1. The zero-order valence-electron chi connectivity index (χ0n) is 14.6. The van der Waals surface area contributed by atoms with Crippen LogP contribution in [0.4, 0.5) is 5.13 Å². The van der Waals surface area contributed by atoms with Crippen LogP contribution in [0.3, 0.4) is 0 Å². The van der Waals surface area contributed by atoms with Crippen molar-refractivity contribution in [1.82, 2.24) is 15.2 Å². The zero-order chi connectivity index (χ0) is 17.2. The van der Waals surface area contributed by atoms with Gasteiger partial charge in [0.05, 0.1) is 6.54 Å². The highest BCUT2D eigenvalue weighted by atomic mass is 32.1. The number of aromatic nitrogens is 1. The lowest BCUT2D eigenvalue weighted by Gasteiger charge is -2.45. The van der Waals surface area contributed by atoms with E-state index in [0.29, 0.717) is 18.1 Å². The van der Waals surface area contributed by atoms with E-state index < -0.39 is 5.97 Å². The molecule has 138 valence electrons. The largest absolute Gasteiger partial charge is 0.480 e. The summed E-state index contributed by atoms with van der Waals surface area (Å²) in [6.45, 7) is 3.35. The third kappa shape index (κ3) is 4.51. The number of rotatable bonds is 8. The summed E-state index contributed by atoms with van der Waals surface area (Å²) in [5, 5.41) is 16.1. The summed E-state index contributed by atoms with van der Waals surface area (Å²) in [4.78, 5) is 20.1. The molecule has 6 nitrogen and oxygen atoms in total. The Morgan fingerprint density at radius 1 is 1.28 bits per heavy atom. The molecule has 0 bridgehead atoms. The van der Waals surface area contributed by atoms with Gasteiger partial charge in [0.1, 0.15) is 0 Å². The maximum atomic E-state index is 11.1. The van der Waals surface area contributed by atoms with Crippen molar-refractivity contribution >= 4 is 22.4 Å². The van der Waals surface area contributed by atoms with Gasteiger partial charge in [-0.05, 0) is 44.4 Å². The molecule has 3 aliphatic rings. The summed E-state index contributed by atoms with van der Waals surface area (Å²) in [7, 11) is 0. The number of piperidine rings is 1. The molecule has 3 fully saturated rings. The number of aliphatic carboxylic acids is 1. The van der Waals surface area contributed by atoms with E-state index in [9.17, 15) is 4.79 Å². The first-order chi connectivity index (χ1) is 12.2. The van der Waals surface area contributed by atoms with Crippen LogP contribution in [-0.4, -0.2) is 65.3 Å². The fourth-order valence-corrected chi connectivity index (χ4v) is 4.81. The molecule has 2 saturated carbocycles. The van der Waals surface area contributed by atoms with Crippen LogP contribution in [0, 0.1) is 5.92 Å². The summed E-state index contributed by atoms with van der Waals surface area (Å²) < 4.78 is 0. The minimum atomic E-state index is -0.688. The van der Waals surface area contributed by atoms with Crippen molar-refractivity contribution in [2.45, 2.75) is 56.7 Å². The zero-order valence-corrected chi connectivity index (χ0v) is 15.5. The molecule has 0 unspecified atom stereocenters. The van der Waals surface area contributed by atoms with Crippen molar-refractivity contribution < 1.29 is 9.90 Å². The van der Waals surface area contributed by atoms with Crippen molar-refractivity contribution in [2.75, 3.05) is 31.1 Å². The molecule has 25 heavy (non-hydrogen) atoms. The summed E-state index contributed by atoms with van der Waals surface area (Å²) in [6, 6.07) is 1.63. The van der Waals surface area contributed by atoms with Gasteiger partial charge in [-0.15, -0.1) is 11.3 Å². The van der Waals surface area contributed by atoms with Crippen LogP contribution >= 0.6 is 11.3 Å². The van der Waals surface area contributed by atoms with Crippen LogP contribution in [0.2, 0.25) is 0 Å². The highest BCUT2D eigenvalue weighted by Crippen LogP contribution is 2.34. The number of nitrogens with one attached hydrogen (secondary N) is 1. The summed E-state index contributed by atoms with van der Waals surface area (Å²) in [5.74, 6) is 0.0631. The van der Waals surface area contributed by atoms with Gasteiger partial charge in [-0.25, -0.2) is 4.98 Å². The van der Waals surface area contributed by atoms with Gasteiger partial charge < -0.3 is 15.3 Å². The summed E-state index contributed by atoms with van der Waals surface area (Å²) in [6.07, 6.45) is 8.98. The molecule has 7 heteroatoms. The third-order valence-corrected chi connectivity index (χ3v) is 6.65. The molecular formula is C18H28N4O2S. The smallest absolute Gasteiger partial charge is 0.317 e. The van der Waals surface area contributed by atoms with Gasteiger partial charge in [0.25, 0.3) is 0 Å². The summed E-state index contributed by atoms with van der Waals surface area (Å²) >= 11 is 1.72. The molecule has 2 aliphatic carbocycles. The SMILES string of the molecule is O=C(O)CN(CC1CC1)C1CC(NC2CCN(c3nccs3)CC2)C1. The lowest BCUT2D eigenvalue weighted by molar-refractivity contribution is -0.139. The topological polar surface area (TPSA) is 68.7 Å². The molecular weight excluding hydrogens is 336 g/mol. The lowest BCUT2D eigenvalue weighted by atomic mass is 9.84. The van der Waals surface area contributed by atoms with Gasteiger partial charge >= 0.3 is 5.97 Å². The van der Waals surface area contributed by atoms with E-state index in [-0.39, 0.29) is 6.54 Å². The predicted octanol–water partition coefficient (Wildman–Crippen LogP) is 2.03. The number of anilines is 1. The Kier molecular flexibility index (Phi) is 5.24. The Labute approximate surface area is 153 Å². The van der Waals surface area contributed by atoms with E-state index in [1.807, 2.05) is 11.6 Å². The van der Waals surface area contributed by atoms with Crippen LogP contribution in [0.5, 0.6) is 0 Å². The molecule has 1 aromatic heterocycles. The molecule has 1 aliphatic heterocycles. The molecule has 0 atom stereocenters. The van der Waals surface area contributed by atoms with Crippen molar-refractivity contribution in [3.05, 3.63) is 11.6 Å². The number of hydrogen-bond donors (Lipinski definition) is 2. The number of carboxylic acid groups (broad SMARTS) is 1. The average molecular weight is 365 g/mol. The van der Waals surface area contributed by atoms with E-state index in [4.69, 9.17) is 5.11 Å². The molecule has 0 spiro atoms. The molecule has 0 radical (unpaired) electrons. The van der Waals surface area contributed by atoms with Crippen LogP contribution in [0.25, 0.3) is 0 Å². The molecule has 1 aromatic rings. The first kappa shape index (κ1) is 17.2. The van der Waals surface area contributed by atoms with E-state index in [0.717, 1.165) is 43.5 Å². The number of nitrogens with zero attached hydrogens (tertiary/aromatic N) is 3. The van der Waals surface area contributed by atoms with Crippen molar-refractivity contribution in [3.8, 4) is 0 Å². The second-order valence-corrected chi connectivity index (χ2v) is 8.70. The first-order valence-electron chi connectivity index (χ1n) is 9.53. The van der Waals surface area contributed by atoms with Crippen LogP contribution in [0.15, 0.2) is 11.6 Å². The third-order valence-electron chi connectivity index (χ3n) is 5.81. The van der Waals surface area contributed by atoms with Gasteiger partial charge in [0, 0.05) is 49.3 Å². The first-order valence-corrected chi connectivity index (χ1v) is 10.4. The molecule has 4 rings (SSSR count).